The van der Waals surface area contributed by atoms with Crippen LogP contribution in [0.3, 0.4) is 0 Å². The van der Waals surface area contributed by atoms with Crippen molar-refractivity contribution in [3.8, 4) is 0 Å². The summed E-state index contributed by atoms with van der Waals surface area (Å²) in [5.41, 5.74) is 0.323. The quantitative estimate of drug-likeness (QED) is 0.846. The lowest BCUT2D eigenvalue weighted by Crippen LogP contribution is -2.50. The highest BCUT2D eigenvalue weighted by Crippen LogP contribution is 2.32. The molecule has 0 bridgehead atoms. The van der Waals surface area contributed by atoms with Crippen molar-refractivity contribution in [1.29, 1.82) is 0 Å². The van der Waals surface area contributed by atoms with Crippen LogP contribution in [0.4, 0.5) is 0 Å². The molecule has 1 aromatic heterocycles. The summed E-state index contributed by atoms with van der Waals surface area (Å²) < 4.78 is 29.0. The summed E-state index contributed by atoms with van der Waals surface area (Å²) in [6.45, 7) is 4.33. The van der Waals surface area contributed by atoms with Gasteiger partial charge in [-0.15, -0.1) is 0 Å². The number of hydrogen-bond donors (Lipinski definition) is 2. The van der Waals surface area contributed by atoms with Crippen LogP contribution < -0.4 is 4.72 Å². The molecule has 102 valence electrons. The largest absolute Gasteiger partial charge is 0.390 e. The summed E-state index contributed by atoms with van der Waals surface area (Å²) in [7, 11) is -3.48. The molecule has 0 unspecified atom stereocenters. The van der Waals surface area contributed by atoms with E-state index in [1.807, 2.05) is 13.8 Å². The maximum Gasteiger partial charge on any atom is 0.242 e. The number of sulfonamides is 1. The molecular weight excluding hydrogens is 252 g/mol. The second-order valence-corrected chi connectivity index (χ2v) is 6.81. The Bertz CT molecular complexity index is 508. The lowest BCUT2D eigenvalue weighted by molar-refractivity contribution is 0.248. The van der Waals surface area contributed by atoms with Crippen LogP contribution >= 0.6 is 0 Å². The number of nitrogens with one attached hydrogen (secondary N) is 1. The number of rotatable bonds is 5. The fourth-order valence-corrected chi connectivity index (χ4v) is 3.82. The van der Waals surface area contributed by atoms with Crippen LogP contribution in [0.25, 0.3) is 0 Å². The van der Waals surface area contributed by atoms with Crippen molar-refractivity contribution in [2.45, 2.75) is 56.7 Å². The summed E-state index contributed by atoms with van der Waals surface area (Å²) in [4.78, 5) is 0.238. The van der Waals surface area contributed by atoms with Gasteiger partial charge in [0, 0.05) is 24.0 Å². The molecule has 0 aliphatic heterocycles. The third kappa shape index (κ3) is 2.46. The third-order valence-electron chi connectivity index (χ3n) is 3.61. The standard InChI is InChI=1S/C12H20N2O3S/c1-3-14-8-11(7-10(14)9-15)18(16,17)13-12(2)5-4-6-12/h7-8,13,15H,3-6,9H2,1-2H3. The molecular formula is C12H20N2O3S. The second kappa shape index (κ2) is 4.68. The van der Waals surface area contributed by atoms with E-state index in [1.54, 1.807) is 10.8 Å². The fraction of sp³-hybridized carbons (Fsp3) is 0.667. The first-order valence-electron chi connectivity index (χ1n) is 6.24. The summed E-state index contributed by atoms with van der Waals surface area (Å²) in [6.07, 6.45) is 4.41. The van der Waals surface area contributed by atoms with Crippen molar-refractivity contribution < 1.29 is 13.5 Å². The molecule has 18 heavy (non-hydrogen) atoms. The van der Waals surface area contributed by atoms with Crippen molar-refractivity contribution >= 4 is 10.0 Å². The van der Waals surface area contributed by atoms with Crippen molar-refractivity contribution in [1.82, 2.24) is 9.29 Å². The summed E-state index contributed by atoms with van der Waals surface area (Å²) in [6, 6.07) is 1.54. The zero-order chi connectivity index (χ0) is 13.4. The zero-order valence-corrected chi connectivity index (χ0v) is 11.6. The second-order valence-electron chi connectivity index (χ2n) is 5.13. The Morgan fingerprint density at radius 2 is 2.17 bits per heavy atom. The van der Waals surface area contributed by atoms with Crippen molar-refractivity contribution in [3.05, 3.63) is 18.0 Å². The molecule has 2 N–H and O–H groups in total. The molecule has 1 saturated carbocycles. The van der Waals surface area contributed by atoms with Crippen LogP contribution in [0.1, 0.15) is 38.8 Å². The van der Waals surface area contributed by atoms with Gasteiger partial charge in [-0.25, -0.2) is 13.1 Å². The summed E-state index contributed by atoms with van der Waals surface area (Å²) >= 11 is 0. The van der Waals surface area contributed by atoms with Crippen LogP contribution in [0.2, 0.25) is 0 Å². The van der Waals surface area contributed by atoms with Gasteiger partial charge in [-0.3, -0.25) is 0 Å². The van der Waals surface area contributed by atoms with Gasteiger partial charge in [-0.1, -0.05) is 0 Å². The van der Waals surface area contributed by atoms with Gasteiger partial charge in [0.1, 0.15) is 0 Å². The number of aliphatic hydroxyl groups excluding tert-OH is 1. The molecule has 0 atom stereocenters. The van der Waals surface area contributed by atoms with Gasteiger partial charge < -0.3 is 9.67 Å². The minimum absolute atomic E-state index is 0.152. The fourth-order valence-electron chi connectivity index (χ4n) is 2.29. The van der Waals surface area contributed by atoms with Crippen molar-refractivity contribution in [2.24, 2.45) is 0 Å². The molecule has 1 heterocycles. The number of aryl methyl sites for hydroxylation is 1. The minimum atomic E-state index is -3.48. The Morgan fingerprint density at radius 3 is 2.56 bits per heavy atom. The monoisotopic (exact) mass is 272 g/mol. The average molecular weight is 272 g/mol. The molecule has 0 saturated heterocycles. The third-order valence-corrected chi connectivity index (χ3v) is 5.22. The summed E-state index contributed by atoms with van der Waals surface area (Å²) in [5.74, 6) is 0. The molecule has 2 rings (SSSR count). The lowest BCUT2D eigenvalue weighted by Gasteiger charge is -2.38. The Hall–Kier alpha value is -0.850. The number of hydrogen-bond acceptors (Lipinski definition) is 3. The molecule has 0 spiro atoms. The van der Waals surface area contributed by atoms with E-state index in [0.717, 1.165) is 19.3 Å². The highest BCUT2D eigenvalue weighted by atomic mass is 32.2. The maximum absolute atomic E-state index is 12.2. The highest BCUT2D eigenvalue weighted by molar-refractivity contribution is 7.89. The van der Waals surface area contributed by atoms with E-state index in [-0.39, 0.29) is 17.0 Å². The highest BCUT2D eigenvalue weighted by Gasteiger charge is 2.36. The maximum atomic E-state index is 12.2. The number of aromatic nitrogens is 1. The van der Waals surface area contributed by atoms with Gasteiger partial charge in [0.25, 0.3) is 0 Å². The van der Waals surface area contributed by atoms with Crippen molar-refractivity contribution in [3.63, 3.8) is 0 Å². The van der Waals surface area contributed by atoms with E-state index in [1.165, 1.54) is 6.07 Å². The number of nitrogens with zero attached hydrogens (tertiary/aromatic N) is 1. The molecule has 5 nitrogen and oxygen atoms in total. The van der Waals surface area contributed by atoms with Gasteiger partial charge in [0.15, 0.2) is 0 Å². The molecule has 6 heteroatoms. The molecule has 1 fully saturated rings. The molecule has 1 aliphatic rings. The van der Waals surface area contributed by atoms with E-state index >= 15 is 0 Å². The van der Waals surface area contributed by atoms with Gasteiger partial charge in [-0.05, 0) is 39.2 Å². The predicted octanol–water partition coefficient (Wildman–Crippen LogP) is 1.22. The Labute approximate surface area is 108 Å². The number of aliphatic hydroxyl groups is 1. The van der Waals surface area contributed by atoms with E-state index in [2.05, 4.69) is 4.72 Å². The van der Waals surface area contributed by atoms with Gasteiger partial charge in [0.2, 0.25) is 10.0 Å². The van der Waals surface area contributed by atoms with Gasteiger partial charge >= 0.3 is 0 Å². The van der Waals surface area contributed by atoms with Crippen LogP contribution in [0.5, 0.6) is 0 Å². The summed E-state index contributed by atoms with van der Waals surface area (Å²) in [5, 5.41) is 9.18. The van der Waals surface area contributed by atoms with Crippen LogP contribution in [0.15, 0.2) is 17.2 Å². The minimum Gasteiger partial charge on any atom is -0.390 e. The Kier molecular flexibility index (Phi) is 3.53. The molecule has 1 aromatic rings. The average Bonchev–Trinajstić information content (AvgIpc) is 2.70. The van der Waals surface area contributed by atoms with Gasteiger partial charge in [0.05, 0.1) is 11.5 Å². The first kappa shape index (κ1) is 13.6. The SMILES string of the molecule is CCn1cc(S(=O)(=O)NC2(C)CCC2)cc1CO. The van der Waals surface area contributed by atoms with Gasteiger partial charge in [-0.2, -0.15) is 0 Å². The van der Waals surface area contributed by atoms with Crippen LogP contribution in [-0.2, 0) is 23.2 Å². The smallest absolute Gasteiger partial charge is 0.242 e. The lowest BCUT2D eigenvalue weighted by atomic mass is 9.80. The van der Waals surface area contributed by atoms with Crippen LogP contribution in [0, 0.1) is 0 Å². The van der Waals surface area contributed by atoms with E-state index in [4.69, 9.17) is 0 Å². The topological polar surface area (TPSA) is 71.3 Å². The molecule has 0 radical (unpaired) electrons. The normalized spacial score (nSPS) is 18.6. The van der Waals surface area contributed by atoms with Crippen molar-refractivity contribution in [2.75, 3.05) is 0 Å². The molecule has 1 aliphatic carbocycles. The Morgan fingerprint density at radius 1 is 1.50 bits per heavy atom. The zero-order valence-electron chi connectivity index (χ0n) is 10.8. The Balaban J connectivity index is 2.26. The van der Waals surface area contributed by atoms with E-state index in [0.29, 0.717) is 12.2 Å². The molecule has 0 amide bonds. The molecule has 0 aromatic carbocycles. The first-order chi connectivity index (χ1) is 8.40. The first-order valence-corrected chi connectivity index (χ1v) is 7.72. The van der Waals surface area contributed by atoms with Crippen LogP contribution in [-0.4, -0.2) is 23.6 Å². The van der Waals surface area contributed by atoms with E-state index < -0.39 is 10.0 Å². The predicted molar refractivity (Wildman–Crippen MR) is 68.6 cm³/mol. The van der Waals surface area contributed by atoms with E-state index in [9.17, 15) is 13.5 Å².